The van der Waals surface area contributed by atoms with Crippen LogP contribution in [0, 0.1) is 0 Å². The van der Waals surface area contributed by atoms with Crippen LogP contribution in [0.5, 0.6) is 11.5 Å². The van der Waals surface area contributed by atoms with E-state index in [1.54, 1.807) is 7.11 Å². The van der Waals surface area contributed by atoms with Gasteiger partial charge in [0.2, 0.25) is 0 Å². The number of ether oxygens (including phenoxy) is 2. The van der Waals surface area contributed by atoms with E-state index in [0.717, 1.165) is 30.9 Å². The molecule has 0 aliphatic carbocycles. The summed E-state index contributed by atoms with van der Waals surface area (Å²) in [5.41, 5.74) is 0.519. The SMILES string of the molecule is COc1ccccc1OCc1nc(C(=O)N2CCCC2)cs1. The number of carbonyl (C=O) groups excluding carboxylic acids is 1. The number of carbonyl (C=O) groups is 1. The van der Waals surface area contributed by atoms with Crippen molar-refractivity contribution >= 4 is 17.2 Å². The fourth-order valence-electron chi connectivity index (χ4n) is 2.44. The summed E-state index contributed by atoms with van der Waals surface area (Å²) in [6, 6.07) is 7.48. The highest BCUT2D eigenvalue weighted by atomic mass is 32.1. The van der Waals surface area contributed by atoms with Crippen LogP contribution in [0.25, 0.3) is 0 Å². The number of rotatable bonds is 5. The van der Waals surface area contributed by atoms with Crippen LogP contribution < -0.4 is 9.47 Å². The number of hydrogen-bond donors (Lipinski definition) is 0. The molecule has 1 aromatic carbocycles. The molecule has 0 unspecified atom stereocenters. The molecular weight excluding hydrogens is 300 g/mol. The van der Waals surface area contributed by atoms with Gasteiger partial charge in [-0.2, -0.15) is 0 Å². The van der Waals surface area contributed by atoms with Gasteiger partial charge >= 0.3 is 0 Å². The van der Waals surface area contributed by atoms with Gasteiger partial charge in [0.25, 0.3) is 5.91 Å². The van der Waals surface area contributed by atoms with E-state index in [0.29, 0.717) is 23.8 Å². The van der Waals surface area contributed by atoms with Gasteiger partial charge in [-0.1, -0.05) is 12.1 Å². The number of methoxy groups -OCH3 is 1. The summed E-state index contributed by atoms with van der Waals surface area (Å²) >= 11 is 1.44. The first kappa shape index (κ1) is 14.8. The predicted octanol–water partition coefficient (Wildman–Crippen LogP) is 2.97. The van der Waals surface area contributed by atoms with Crippen LogP contribution in [0.4, 0.5) is 0 Å². The Balaban J connectivity index is 1.63. The molecule has 6 heteroatoms. The number of para-hydroxylation sites is 2. The summed E-state index contributed by atoms with van der Waals surface area (Å²) in [4.78, 5) is 18.5. The predicted molar refractivity (Wildman–Crippen MR) is 84.6 cm³/mol. The van der Waals surface area contributed by atoms with Crippen LogP contribution in [0.15, 0.2) is 29.6 Å². The maximum atomic E-state index is 12.2. The monoisotopic (exact) mass is 318 g/mol. The minimum atomic E-state index is 0.0253. The molecule has 2 aromatic rings. The maximum absolute atomic E-state index is 12.2. The second-order valence-electron chi connectivity index (χ2n) is 5.07. The first-order chi connectivity index (χ1) is 10.8. The molecule has 1 aromatic heterocycles. The molecule has 5 nitrogen and oxygen atoms in total. The molecule has 1 aliphatic rings. The summed E-state index contributed by atoms with van der Waals surface area (Å²) in [6.45, 7) is 2.01. The number of hydrogen-bond acceptors (Lipinski definition) is 5. The molecule has 0 N–H and O–H groups in total. The van der Waals surface area contributed by atoms with E-state index in [1.165, 1.54) is 11.3 Å². The van der Waals surface area contributed by atoms with Crippen molar-refractivity contribution in [3.63, 3.8) is 0 Å². The molecular formula is C16H18N2O3S. The van der Waals surface area contributed by atoms with Gasteiger partial charge in [0, 0.05) is 18.5 Å². The van der Waals surface area contributed by atoms with Gasteiger partial charge in [0.05, 0.1) is 7.11 Å². The Morgan fingerprint density at radius 3 is 2.73 bits per heavy atom. The Bertz CT molecular complexity index is 650. The molecule has 3 rings (SSSR count). The number of aromatic nitrogens is 1. The van der Waals surface area contributed by atoms with Crippen LogP contribution in [-0.4, -0.2) is 36.0 Å². The van der Waals surface area contributed by atoms with Crippen molar-refractivity contribution in [2.45, 2.75) is 19.4 Å². The molecule has 0 saturated carbocycles. The minimum Gasteiger partial charge on any atom is -0.493 e. The summed E-state index contributed by atoms with van der Waals surface area (Å²) in [5, 5.41) is 2.59. The van der Waals surface area contributed by atoms with Gasteiger partial charge < -0.3 is 14.4 Å². The van der Waals surface area contributed by atoms with Gasteiger partial charge in [-0.05, 0) is 25.0 Å². The summed E-state index contributed by atoms with van der Waals surface area (Å²) < 4.78 is 11.0. The molecule has 1 amide bonds. The van der Waals surface area contributed by atoms with Crippen LogP contribution >= 0.6 is 11.3 Å². The molecule has 116 valence electrons. The van der Waals surface area contributed by atoms with E-state index < -0.39 is 0 Å². The van der Waals surface area contributed by atoms with Crippen molar-refractivity contribution in [3.05, 3.63) is 40.3 Å². The summed E-state index contributed by atoms with van der Waals surface area (Å²) in [5.74, 6) is 1.39. The van der Waals surface area contributed by atoms with Gasteiger partial charge in [-0.15, -0.1) is 11.3 Å². The zero-order chi connectivity index (χ0) is 15.4. The second-order valence-corrected chi connectivity index (χ2v) is 6.01. The molecule has 1 aliphatic heterocycles. The Hall–Kier alpha value is -2.08. The normalized spacial score (nSPS) is 14.1. The largest absolute Gasteiger partial charge is 0.493 e. The van der Waals surface area contributed by atoms with Gasteiger partial charge in [-0.3, -0.25) is 4.79 Å². The molecule has 2 heterocycles. The van der Waals surface area contributed by atoms with Crippen molar-refractivity contribution in [2.75, 3.05) is 20.2 Å². The van der Waals surface area contributed by atoms with Crippen LogP contribution in [0.1, 0.15) is 28.3 Å². The Labute approximate surface area is 133 Å². The lowest BCUT2D eigenvalue weighted by Gasteiger charge is -2.12. The lowest BCUT2D eigenvalue weighted by Crippen LogP contribution is -2.27. The quantitative estimate of drug-likeness (QED) is 0.850. The van der Waals surface area contributed by atoms with E-state index in [4.69, 9.17) is 9.47 Å². The van der Waals surface area contributed by atoms with Crippen LogP contribution in [0.3, 0.4) is 0 Å². The third-order valence-corrected chi connectivity index (χ3v) is 4.41. The Kier molecular flexibility index (Phi) is 4.58. The Morgan fingerprint density at radius 2 is 2.00 bits per heavy atom. The molecule has 0 atom stereocenters. The molecule has 0 bridgehead atoms. The fraction of sp³-hybridized carbons (Fsp3) is 0.375. The molecule has 1 fully saturated rings. The first-order valence-corrected chi connectivity index (χ1v) is 8.15. The Morgan fingerprint density at radius 1 is 1.27 bits per heavy atom. The maximum Gasteiger partial charge on any atom is 0.273 e. The van der Waals surface area contributed by atoms with Crippen molar-refractivity contribution in [2.24, 2.45) is 0 Å². The number of benzene rings is 1. The third kappa shape index (κ3) is 3.22. The van der Waals surface area contributed by atoms with E-state index >= 15 is 0 Å². The highest BCUT2D eigenvalue weighted by molar-refractivity contribution is 7.09. The molecule has 22 heavy (non-hydrogen) atoms. The van der Waals surface area contributed by atoms with Crippen molar-refractivity contribution in [1.82, 2.24) is 9.88 Å². The number of likely N-dealkylation sites (tertiary alicyclic amines) is 1. The number of amides is 1. The molecule has 1 saturated heterocycles. The molecule has 0 spiro atoms. The zero-order valence-electron chi connectivity index (χ0n) is 12.4. The molecule has 0 radical (unpaired) electrons. The minimum absolute atomic E-state index is 0.0253. The van der Waals surface area contributed by atoms with E-state index in [2.05, 4.69) is 4.98 Å². The van der Waals surface area contributed by atoms with Gasteiger partial charge in [0.15, 0.2) is 11.5 Å². The highest BCUT2D eigenvalue weighted by Crippen LogP contribution is 2.27. The summed E-state index contributed by atoms with van der Waals surface area (Å²) in [7, 11) is 1.61. The highest BCUT2D eigenvalue weighted by Gasteiger charge is 2.21. The fourth-order valence-corrected chi connectivity index (χ4v) is 3.11. The standard InChI is InChI=1S/C16H18N2O3S/c1-20-13-6-2-3-7-14(13)21-10-15-17-12(11-22-15)16(19)18-8-4-5-9-18/h2-3,6-7,11H,4-5,8-10H2,1H3. The van der Waals surface area contributed by atoms with E-state index in [9.17, 15) is 4.79 Å². The third-order valence-electron chi connectivity index (χ3n) is 3.58. The first-order valence-electron chi connectivity index (χ1n) is 7.27. The van der Waals surface area contributed by atoms with Crippen LogP contribution in [-0.2, 0) is 6.61 Å². The average Bonchev–Trinajstić information content (AvgIpc) is 3.24. The van der Waals surface area contributed by atoms with E-state index in [-0.39, 0.29) is 5.91 Å². The van der Waals surface area contributed by atoms with Gasteiger partial charge in [-0.25, -0.2) is 4.98 Å². The number of nitrogens with zero attached hydrogens (tertiary/aromatic N) is 2. The van der Waals surface area contributed by atoms with Gasteiger partial charge in [0.1, 0.15) is 17.3 Å². The summed E-state index contributed by atoms with van der Waals surface area (Å²) in [6.07, 6.45) is 2.17. The number of thiazole rings is 1. The lowest BCUT2D eigenvalue weighted by atomic mass is 10.3. The van der Waals surface area contributed by atoms with Crippen molar-refractivity contribution in [1.29, 1.82) is 0 Å². The smallest absolute Gasteiger partial charge is 0.273 e. The van der Waals surface area contributed by atoms with Crippen molar-refractivity contribution in [3.8, 4) is 11.5 Å². The zero-order valence-corrected chi connectivity index (χ0v) is 13.3. The lowest BCUT2D eigenvalue weighted by molar-refractivity contribution is 0.0787. The topological polar surface area (TPSA) is 51.7 Å². The van der Waals surface area contributed by atoms with Crippen LogP contribution in [0.2, 0.25) is 0 Å². The van der Waals surface area contributed by atoms with Crippen molar-refractivity contribution < 1.29 is 14.3 Å². The second kappa shape index (κ2) is 6.79. The average molecular weight is 318 g/mol. The van der Waals surface area contributed by atoms with E-state index in [1.807, 2.05) is 34.5 Å².